The van der Waals surface area contributed by atoms with Gasteiger partial charge in [-0.1, -0.05) is 51.2 Å². The average Bonchev–Trinajstić information content (AvgIpc) is 2.67. The van der Waals surface area contributed by atoms with Gasteiger partial charge < -0.3 is 9.84 Å². The summed E-state index contributed by atoms with van der Waals surface area (Å²) < 4.78 is 6.14. The van der Waals surface area contributed by atoms with E-state index in [9.17, 15) is 4.79 Å². The van der Waals surface area contributed by atoms with Crippen LogP contribution >= 0.6 is 0 Å². The van der Waals surface area contributed by atoms with Gasteiger partial charge in [-0.25, -0.2) is 0 Å². The Labute approximate surface area is 164 Å². The van der Waals surface area contributed by atoms with Gasteiger partial charge >= 0.3 is 5.97 Å². The van der Waals surface area contributed by atoms with Gasteiger partial charge in [0, 0.05) is 0 Å². The van der Waals surface area contributed by atoms with Crippen molar-refractivity contribution in [1.29, 1.82) is 0 Å². The van der Waals surface area contributed by atoms with Gasteiger partial charge in [-0.3, -0.25) is 4.79 Å². The van der Waals surface area contributed by atoms with Gasteiger partial charge in [-0.2, -0.15) is 0 Å². The number of rotatable bonds is 8. The van der Waals surface area contributed by atoms with Crippen molar-refractivity contribution >= 4 is 5.97 Å². The minimum Gasteiger partial charge on any atom is -0.493 e. The van der Waals surface area contributed by atoms with Gasteiger partial charge in [0.05, 0.1) is 13.0 Å². The van der Waals surface area contributed by atoms with Crippen LogP contribution < -0.4 is 4.74 Å². The van der Waals surface area contributed by atoms with Crippen molar-refractivity contribution in [3.8, 4) is 5.75 Å². The van der Waals surface area contributed by atoms with E-state index < -0.39 is 5.97 Å². The van der Waals surface area contributed by atoms with E-state index in [0.29, 0.717) is 11.3 Å². The molecular weight excluding hydrogens is 336 g/mol. The van der Waals surface area contributed by atoms with Gasteiger partial charge in [0.2, 0.25) is 0 Å². The van der Waals surface area contributed by atoms with Gasteiger partial charge in [0.15, 0.2) is 0 Å². The molecule has 2 aliphatic carbocycles. The zero-order chi connectivity index (χ0) is 19.1. The van der Waals surface area contributed by atoms with Crippen molar-refractivity contribution in [3.05, 3.63) is 29.8 Å². The molecule has 2 atom stereocenters. The molecule has 0 amide bonds. The molecule has 27 heavy (non-hydrogen) atoms. The molecule has 0 radical (unpaired) electrons. The predicted molar refractivity (Wildman–Crippen MR) is 109 cm³/mol. The molecule has 1 aromatic rings. The fourth-order valence-corrected chi connectivity index (χ4v) is 5.48. The lowest BCUT2D eigenvalue weighted by Crippen LogP contribution is -2.33. The van der Waals surface area contributed by atoms with Crippen molar-refractivity contribution in [3.63, 3.8) is 0 Å². The second-order valence-corrected chi connectivity index (χ2v) is 8.99. The summed E-state index contributed by atoms with van der Waals surface area (Å²) in [5.41, 5.74) is 1.74. The Balaban J connectivity index is 1.53. The number of hydrogen-bond acceptors (Lipinski definition) is 2. The topological polar surface area (TPSA) is 46.5 Å². The average molecular weight is 373 g/mol. The van der Waals surface area contributed by atoms with Crippen LogP contribution in [0.25, 0.3) is 0 Å². The normalized spacial score (nSPS) is 23.1. The summed E-state index contributed by atoms with van der Waals surface area (Å²) in [6, 6.07) is 8.17. The molecule has 0 saturated heterocycles. The first-order valence-electron chi connectivity index (χ1n) is 11.0. The van der Waals surface area contributed by atoms with E-state index >= 15 is 0 Å². The number of carbonyl (C=O) groups is 1. The lowest BCUT2D eigenvalue weighted by molar-refractivity contribution is -0.137. The first kappa shape index (κ1) is 20.2. The summed E-state index contributed by atoms with van der Waals surface area (Å²) >= 11 is 0. The Bertz CT molecular complexity index is 581. The third-order valence-electron chi connectivity index (χ3n) is 6.85. The minimum absolute atomic E-state index is 0.103. The van der Waals surface area contributed by atoms with E-state index in [1.807, 2.05) is 12.1 Å². The first-order valence-corrected chi connectivity index (χ1v) is 11.0. The molecule has 3 heteroatoms. The maximum Gasteiger partial charge on any atom is 0.303 e. The number of carboxylic acids is 1. The number of hydrogen-bond donors (Lipinski definition) is 1. The predicted octanol–water partition coefficient (Wildman–Crippen LogP) is 6.56. The lowest BCUT2D eigenvalue weighted by atomic mass is 9.63. The molecule has 1 spiro atoms. The Hall–Kier alpha value is -1.51. The quantitative estimate of drug-likeness (QED) is 0.562. The standard InChI is InChI=1S/C24H36O3/c1-2-7-21(16-23(25)26)20-9-11-22(12-10-20)27-18-19-8-6-15-24(17-19)13-4-3-5-14-24/h9-12,19,21H,2-8,13-18H2,1H3,(H,25,26)/t19?,21-/m0/s1. The van der Waals surface area contributed by atoms with Gasteiger partial charge in [-0.15, -0.1) is 0 Å². The molecule has 3 rings (SSSR count). The van der Waals surface area contributed by atoms with E-state index in [1.165, 1.54) is 57.8 Å². The maximum atomic E-state index is 11.1. The number of benzene rings is 1. The number of carboxylic acid groups (broad SMARTS) is 1. The molecular formula is C24H36O3. The Kier molecular flexibility index (Phi) is 7.20. The van der Waals surface area contributed by atoms with E-state index in [0.717, 1.165) is 30.8 Å². The monoisotopic (exact) mass is 372 g/mol. The van der Waals surface area contributed by atoms with Crippen molar-refractivity contribution < 1.29 is 14.6 Å². The fourth-order valence-electron chi connectivity index (χ4n) is 5.48. The van der Waals surface area contributed by atoms with Crippen molar-refractivity contribution in [1.82, 2.24) is 0 Å². The largest absolute Gasteiger partial charge is 0.493 e. The van der Waals surface area contributed by atoms with Crippen molar-refractivity contribution in [2.45, 2.75) is 89.9 Å². The summed E-state index contributed by atoms with van der Waals surface area (Å²) in [5.74, 6) is 0.998. The highest BCUT2D eigenvalue weighted by Gasteiger charge is 2.37. The summed E-state index contributed by atoms with van der Waals surface area (Å²) in [4.78, 5) is 11.1. The van der Waals surface area contributed by atoms with Crippen LogP contribution in [0.15, 0.2) is 24.3 Å². The van der Waals surface area contributed by atoms with Crippen LogP contribution in [0.4, 0.5) is 0 Å². The maximum absolute atomic E-state index is 11.1. The summed E-state index contributed by atoms with van der Waals surface area (Å²) in [5, 5.41) is 9.14. The van der Waals surface area contributed by atoms with E-state index in [1.54, 1.807) is 0 Å². The lowest BCUT2D eigenvalue weighted by Gasteiger charge is -2.43. The zero-order valence-electron chi connectivity index (χ0n) is 16.9. The van der Waals surface area contributed by atoms with Gasteiger partial charge in [0.1, 0.15) is 5.75 Å². The van der Waals surface area contributed by atoms with Crippen LogP contribution in [0.5, 0.6) is 5.75 Å². The molecule has 0 aliphatic heterocycles. The van der Waals surface area contributed by atoms with Crippen molar-refractivity contribution in [2.75, 3.05) is 6.61 Å². The van der Waals surface area contributed by atoms with Crippen LogP contribution in [0, 0.1) is 11.3 Å². The van der Waals surface area contributed by atoms with E-state index in [-0.39, 0.29) is 12.3 Å². The van der Waals surface area contributed by atoms with Crippen LogP contribution in [0.1, 0.15) is 95.5 Å². The van der Waals surface area contributed by atoms with E-state index in [2.05, 4.69) is 19.1 Å². The second kappa shape index (κ2) is 9.61. The number of ether oxygens (including phenoxy) is 1. The first-order chi connectivity index (χ1) is 13.1. The highest BCUT2D eigenvalue weighted by atomic mass is 16.5. The SMILES string of the molecule is CCC[C@@H](CC(=O)O)c1ccc(OCC2CCCC3(CCCCC3)C2)cc1. The van der Waals surface area contributed by atoms with Gasteiger partial charge in [-0.05, 0) is 73.5 Å². The molecule has 1 aromatic carbocycles. The molecule has 2 aliphatic rings. The molecule has 1 N–H and O–H groups in total. The van der Waals surface area contributed by atoms with Crippen LogP contribution in [-0.2, 0) is 4.79 Å². The Morgan fingerprint density at radius 3 is 2.52 bits per heavy atom. The third-order valence-corrected chi connectivity index (χ3v) is 6.85. The Morgan fingerprint density at radius 2 is 1.85 bits per heavy atom. The summed E-state index contributed by atoms with van der Waals surface area (Å²) in [7, 11) is 0. The van der Waals surface area contributed by atoms with Crippen LogP contribution in [-0.4, -0.2) is 17.7 Å². The van der Waals surface area contributed by atoms with E-state index in [4.69, 9.17) is 9.84 Å². The van der Waals surface area contributed by atoms with Crippen LogP contribution in [0.3, 0.4) is 0 Å². The molecule has 3 nitrogen and oxygen atoms in total. The smallest absolute Gasteiger partial charge is 0.303 e. The highest BCUT2D eigenvalue weighted by Crippen LogP contribution is 2.49. The Morgan fingerprint density at radius 1 is 1.15 bits per heavy atom. The molecule has 0 heterocycles. The van der Waals surface area contributed by atoms with Crippen LogP contribution in [0.2, 0.25) is 0 Å². The molecule has 2 fully saturated rings. The highest BCUT2D eigenvalue weighted by molar-refractivity contribution is 5.68. The minimum atomic E-state index is -0.720. The van der Waals surface area contributed by atoms with Crippen molar-refractivity contribution in [2.24, 2.45) is 11.3 Å². The zero-order valence-corrected chi connectivity index (χ0v) is 16.9. The third kappa shape index (κ3) is 5.73. The molecule has 0 aromatic heterocycles. The summed E-state index contributed by atoms with van der Waals surface area (Å²) in [6.07, 6.45) is 14.7. The molecule has 1 unspecified atom stereocenters. The fraction of sp³-hybridized carbons (Fsp3) is 0.708. The molecule has 2 saturated carbocycles. The summed E-state index contributed by atoms with van der Waals surface area (Å²) in [6.45, 7) is 2.93. The number of aliphatic carboxylic acids is 1. The molecule has 0 bridgehead atoms. The molecule has 150 valence electrons. The van der Waals surface area contributed by atoms with Gasteiger partial charge in [0.25, 0.3) is 0 Å². The second-order valence-electron chi connectivity index (χ2n) is 8.99.